The van der Waals surface area contributed by atoms with Crippen LogP contribution in [0.25, 0.3) is 0 Å². The minimum absolute atomic E-state index is 0.00555. The van der Waals surface area contributed by atoms with Gasteiger partial charge in [0.1, 0.15) is 0 Å². The minimum Gasteiger partial charge on any atom is -0.466 e. The Balaban J connectivity index is 3.40. The van der Waals surface area contributed by atoms with E-state index in [2.05, 4.69) is 55.6 Å². The average Bonchev–Trinajstić information content (AvgIpc) is 3.48. The molecule has 482 valence electrons. The third kappa shape index (κ3) is 67.0. The van der Waals surface area contributed by atoms with Crippen molar-refractivity contribution >= 4 is 11.9 Å². The van der Waals surface area contributed by atoms with E-state index in [0.717, 1.165) is 51.4 Å². The maximum Gasteiger partial charge on any atom is 0.305 e. The lowest BCUT2D eigenvalue weighted by Gasteiger charge is -2.20. The van der Waals surface area contributed by atoms with Crippen LogP contribution in [0.1, 0.15) is 399 Å². The molecule has 3 N–H and O–H groups in total. The molecule has 6 nitrogen and oxygen atoms in total. The Morgan fingerprint density at radius 1 is 0.341 bits per heavy atom. The first-order valence-corrected chi connectivity index (χ1v) is 36.9. The van der Waals surface area contributed by atoms with Crippen LogP contribution < -0.4 is 5.32 Å². The second-order valence-corrected chi connectivity index (χ2v) is 25.3. The van der Waals surface area contributed by atoms with Gasteiger partial charge in [0.15, 0.2) is 0 Å². The molecule has 0 aliphatic carbocycles. The number of ether oxygens (including phenoxy) is 1. The summed E-state index contributed by atoms with van der Waals surface area (Å²) in [5.41, 5.74) is 0. The molecule has 0 fully saturated rings. The van der Waals surface area contributed by atoms with E-state index in [1.54, 1.807) is 6.08 Å². The molecule has 0 aromatic carbocycles. The van der Waals surface area contributed by atoms with Gasteiger partial charge in [0.05, 0.1) is 25.4 Å². The van der Waals surface area contributed by atoms with Gasteiger partial charge in [-0.3, -0.25) is 9.59 Å². The summed E-state index contributed by atoms with van der Waals surface area (Å²) in [4.78, 5) is 24.6. The zero-order valence-electron chi connectivity index (χ0n) is 55.2. The average molecular weight is 1150 g/mol. The first-order valence-electron chi connectivity index (χ1n) is 36.9. The number of nitrogens with one attached hydrogen (secondary N) is 1. The van der Waals surface area contributed by atoms with Crippen molar-refractivity contribution in [2.45, 2.75) is 411 Å². The molecule has 1 amide bonds. The molecule has 2 atom stereocenters. The summed E-state index contributed by atoms with van der Waals surface area (Å²) in [6.45, 7) is 4.92. The van der Waals surface area contributed by atoms with Gasteiger partial charge >= 0.3 is 5.97 Å². The molecule has 6 heteroatoms. The molecule has 0 spiro atoms. The fraction of sp³-hybridized carbons (Fsp3) is 0.868. The molecular weight excluding hydrogens is 1010 g/mol. The van der Waals surface area contributed by atoms with Gasteiger partial charge in [-0.05, 0) is 89.9 Å². The Morgan fingerprint density at radius 3 is 0.939 bits per heavy atom. The van der Waals surface area contributed by atoms with E-state index >= 15 is 0 Å². The van der Waals surface area contributed by atoms with Gasteiger partial charge in [-0.2, -0.15) is 0 Å². The summed E-state index contributed by atoms with van der Waals surface area (Å²) in [6, 6.07) is -0.627. The van der Waals surface area contributed by atoms with Crippen LogP contribution in [0.3, 0.4) is 0 Å². The first kappa shape index (κ1) is 79.8. The standard InChI is InChI=1S/C76H143NO5/c1-3-5-7-9-11-13-15-17-19-20-38-41-44-48-52-56-60-64-68-74(79)73(72-78)77-75(80)69-65-61-57-53-49-45-42-39-36-34-32-30-28-26-24-22-21-23-25-27-29-31-33-35-37-40-43-47-51-55-59-63-67-71-82-76(81)70-66-62-58-54-50-46-18-16-14-12-10-8-6-4-2/h16,18,25,27,31,33,64,68,73-74,78-79H,3-15,17,19-24,26,28-30,32,34-63,65-67,69-72H2,1-2H3,(H,77,80)/b18-16-,27-25-,33-31-,68-64+. The highest BCUT2D eigenvalue weighted by atomic mass is 16.5. The van der Waals surface area contributed by atoms with Gasteiger partial charge in [0, 0.05) is 12.8 Å². The number of rotatable bonds is 69. The van der Waals surface area contributed by atoms with Crippen LogP contribution in [-0.2, 0) is 14.3 Å². The normalized spacial score (nSPS) is 12.8. The highest BCUT2D eigenvalue weighted by Gasteiger charge is 2.18. The number of hydrogen-bond donors (Lipinski definition) is 3. The van der Waals surface area contributed by atoms with Crippen LogP contribution in [0.4, 0.5) is 0 Å². The molecule has 0 bridgehead atoms. The molecule has 0 saturated carbocycles. The summed E-state index contributed by atoms with van der Waals surface area (Å²) in [5, 5.41) is 23.2. The maximum absolute atomic E-state index is 12.5. The Kier molecular flexibility index (Phi) is 69.4. The van der Waals surface area contributed by atoms with Crippen LogP contribution in [0.5, 0.6) is 0 Å². The monoisotopic (exact) mass is 1150 g/mol. The van der Waals surface area contributed by atoms with E-state index in [1.807, 2.05) is 6.08 Å². The lowest BCUT2D eigenvalue weighted by atomic mass is 10.0. The van der Waals surface area contributed by atoms with E-state index in [0.29, 0.717) is 19.4 Å². The number of amides is 1. The summed E-state index contributed by atoms with van der Waals surface area (Å²) >= 11 is 0. The van der Waals surface area contributed by atoms with Gasteiger partial charge in [0.2, 0.25) is 5.91 Å². The highest BCUT2D eigenvalue weighted by molar-refractivity contribution is 5.76. The molecule has 2 unspecified atom stereocenters. The topological polar surface area (TPSA) is 95.9 Å². The first-order chi connectivity index (χ1) is 40.5. The van der Waals surface area contributed by atoms with E-state index in [9.17, 15) is 19.8 Å². The van der Waals surface area contributed by atoms with Crippen molar-refractivity contribution in [3.63, 3.8) is 0 Å². The summed E-state index contributed by atoms with van der Waals surface area (Å²) in [5.74, 6) is -0.0576. The number of aliphatic hydroxyl groups excluding tert-OH is 2. The maximum atomic E-state index is 12.5. The predicted molar refractivity (Wildman–Crippen MR) is 361 cm³/mol. The van der Waals surface area contributed by atoms with Crippen molar-refractivity contribution in [1.82, 2.24) is 5.32 Å². The lowest BCUT2D eigenvalue weighted by Crippen LogP contribution is -2.45. The number of allylic oxidation sites excluding steroid dienone is 7. The van der Waals surface area contributed by atoms with Crippen molar-refractivity contribution in [3.8, 4) is 0 Å². The SMILES string of the molecule is CCCCCCC/C=C\CCCCCCCC(=O)OCCCCCCCCCCC/C=C\C/C=C\CCCCCCCCCCCCCCCCCCCC(=O)NC(CO)C(O)/C=C/CCCCCCCCCCCCCCCCCC. The van der Waals surface area contributed by atoms with Crippen LogP contribution in [0.15, 0.2) is 48.6 Å². The Bertz CT molecular complexity index is 1370. The summed E-state index contributed by atoms with van der Waals surface area (Å²) < 4.78 is 5.48. The fourth-order valence-electron chi connectivity index (χ4n) is 11.4. The predicted octanol–water partition coefficient (Wildman–Crippen LogP) is 24.0. The van der Waals surface area contributed by atoms with Crippen molar-refractivity contribution in [3.05, 3.63) is 48.6 Å². The smallest absolute Gasteiger partial charge is 0.305 e. The van der Waals surface area contributed by atoms with E-state index in [4.69, 9.17) is 4.74 Å². The number of aliphatic hydroxyl groups is 2. The number of unbranched alkanes of at least 4 members (excludes halogenated alkanes) is 52. The minimum atomic E-state index is -0.844. The van der Waals surface area contributed by atoms with Crippen molar-refractivity contribution in [1.29, 1.82) is 0 Å². The second-order valence-electron chi connectivity index (χ2n) is 25.3. The summed E-state index contributed by atoms with van der Waals surface area (Å²) in [6.07, 6.45) is 93.5. The van der Waals surface area contributed by atoms with Crippen LogP contribution in [0.2, 0.25) is 0 Å². The van der Waals surface area contributed by atoms with Crippen molar-refractivity contribution in [2.24, 2.45) is 0 Å². The number of esters is 1. The molecule has 0 radical (unpaired) electrons. The van der Waals surface area contributed by atoms with Gasteiger partial charge in [0.25, 0.3) is 0 Å². The number of hydrogen-bond acceptors (Lipinski definition) is 5. The van der Waals surface area contributed by atoms with Gasteiger partial charge in [-0.1, -0.05) is 345 Å². The lowest BCUT2D eigenvalue weighted by molar-refractivity contribution is -0.143. The molecular formula is C76H143NO5. The Morgan fingerprint density at radius 2 is 0.610 bits per heavy atom. The zero-order chi connectivity index (χ0) is 59.2. The van der Waals surface area contributed by atoms with E-state index in [-0.39, 0.29) is 18.5 Å². The Labute approximate surface area is 512 Å². The Hall–Kier alpha value is -2.18. The molecule has 0 aromatic rings. The molecule has 0 saturated heterocycles. The van der Waals surface area contributed by atoms with Crippen LogP contribution in [-0.4, -0.2) is 47.4 Å². The molecule has 82 heavy (non-hydrogen) atoms. The molecule has 0 aromatic heterocycles. The third-order valence-corrected chi connectivity index (χ3v) is 17.1. The third-order valence-electron chi connectivity index (χ3n) is 17.1. The van der Waals surface area contributed by atoms with Crippen LogP contribution >= 0.6 is 0 Å². The number of carbonyl (C=O) groups excluding carboxylic acids is 2. The number of carbonyl (C=O) groups is 2. The molecule has 0 aliphatic heterocycles. The fourth-order valence-corrected chi connectivity index (χ4v) is 11.4. The van der Waals surface area contributed by atoms with E-state index < -0.39 is 12.1 Å². The summed E-state index contributed by atoms with van der Waals surface area (Å²) in [7, 11) is 0. The molecule has 0 aliphatic rings. The van der Waals surface area contributed by atoms with Gasteiger partial charge in [-0.15, -0.1) is 0 Å². The molecule has 0 heterocycles. The highest BCUT2D eigenvalue weighted by Crippen LogP contribution is 2.18. The zero-order valence-corrected chi connectivity index (χ0v) is 55.2. The van der Waals surface area contributed by atoms with Gasteiger partial charge in [-0.25, -0.2) is 0 Å². The second kappa shape index (κ2) is 71.3. The largest absolute Gasteiger partial charge is 0.466 e. The van der Waals surface area contributed by atoms with Crippen molar-refractivity contribution in [2.75, 3.05) is 13.2 Å². The van der Waals surface area contributed by atoms with Crippen LogP contribution in [0, 0.1) is 0 Å². The van der Waals surface area contributed by atoms with Gasteiger partial charge < -0.3 is 20.3 Å². The van der Waals surface area contributed by atoms with Crippen molar-refractivity contribution < 1.29 is 24.5 Å². The molecule has 0 rings (SSSR count). The quantitative estimate of drug-likeness (QED) is 0.0320. The van der Waals surface area contributed by atoms with E-state index in [1.165, 1.54) is 321 Å².